The number of hydrogen-bond acceptors (Lipinski definition) is 5. The van der Waals surface area contributed by atoms with E-state index in [2.05, 4.69) is 9.97 Å². The summed E-state index contributed by atoms with van der Waals surface area (Å²) < 4.78 is 11.2. The van der Waals surface area contributed by atoms with Crippen molar-refractivity contribution in [1.29, 1.82) is 0 Å². The number of aryl methyl sites for hydroxylation is 1. The molecule has 1 fully saturated rings. The molecule has 2 unspecified atom stereocenters. The molecule has 5 nitrogen and oxygen atoms in total. The van der Waals surface area contributed by atoms with Crippen molar-refractivity contribution >= 4 is 0 Å². The van der Waals surface area contributed by atoms with Gasteiger partial charge in [-0.05, 0) is 45.1 Å². The minimum Gasteiger partial charge on any atom is -0.478 e. The predicted molar refractivity (Wildman–Crippen MR) is 73.3 cm³/mol. The van der Waals surface area contributed by atoms with Gasteiger partial charge in [-0.25, -0.2) is 0 Å². The van der Waals surface area contributed by atoms with Crippen molar-refractivity contribution in [3.05, 3.63) is 11.9 Å². The third-order valence-electron chi connectivity index (χ3n) is 3.65. The highest BCUT2D eigenvalue weighted by Gasteiger charge is 2.26. The summed E-state index contributed by atoms with van der Waals surface area (Å²) in [6, 6.07) is 1.75. The van der Waals surface area contributed by atoms with Gasteiger partial charge in [0.1, 0.15) is 5.82 Å². The van der Waals surface area contributed by atoms with E-state index in [4.69, 9.17) is 15.2 Å². The monoisotopic (exact) mass is 265 g/mol. The molecule has 5 heteroatoms. The maximum absolute atomic E-state index is 5.80. The maximum Gasteiger partial charge on any atom is 0.220 e. The smallest absolute Gasteiger partial charge is 0.220 e. The summed E-state index contributed by atoms with van der Waals surface area (Å²) in [6.07, 6.45) is 3.67. The Morgan fingerprint density at radius 1 is 1.21 bits per heavy atom. The number of ether oxygens (including phenoxy) is 2. The third-order valence-corrected chi connectivity index (χ3v) is 3.65. The van der Waals surface area contributed by atoms with Crippen LogP contribution in [0.2, 0.25) is 0 Å². The van der Waals surface area contributed by atoms with Crippen LogP contribution in [0.15, 0.2) is 6.07 Å². The summed E-state index contributed by atoms with van der Waals surface area (Å²) in [7, 11) is 0. The van der Waals surface area contributed by atoms with E-state index in [1.54, 1.807) is 6.07 Å². The standard InChI is InChI=1S/C14H23N3O2/c1-3-18-13-7-14(17-10(2)16-13)19-9-12-6-4-5-11(12)8-15/h7,11-12H,3-6,8-9,15H2,1-2H3. The fourth-order valence-corrected chi connectivity index (χ4v) is 2.65. The first-order valence-electron chi connectivity index (χ1n) is 7.04. The van der Waals surface area contributed by atoms with Gasteiger partial charge in [0.15, 0.2) is 0 Å². The lowest BCUT2D eigenvalue weighted by molar-refractivity contribution is 0.208. The summed E-state index contributed by atoms with van der Waals surface area (Å²) in [5, 5.41) is 0. The molecule has 1 aliphatic rings. The topological polar surface area (TPSA) is 70.3 Å². The SMILES string of the molecule is CCOc1cc(OCC2CCCC2CN)nc(C)n1. The molecule has 19 heavy (non-hydrogen) atoms. The highest BCUT2D eigenvalue weighted by atomic mass is 16.5. The first-order valence-corrected chi connectivity index (χ1v) is 7.04. The molecule has 1 aromatic heterocycles. The van der Waals surface area contributed by atoms with Gasteiger partial charge >= 0.3 is 0 Å². The van der Waals surface area contributed by atoms with E-state index in [9.17, 15) is 0 Å². The van der Waals surface area contributed by atoms with E-state index in [0.29, 0.717) is 42.6 Å². The first-order chi connectivity index (χ1) is 9.22. The van der Waals surface area contributed by atoms with E-state index in [-0.39, 0.29) is 0 Å². The molecule has 1 aliphatic carbocycles. The second kappa shape index (κ2) is 6.70. The molecule has 0 amide bonds. The fourth-order valence-electron chi connectivity index (χ4n) is 2.65. The zero-order valence-corrected chi connectivity index (χ0v) is 11.8. The Kier molecular flexibility index (Phi) is 4.96. The normalized spacial score (nSPS) is 22.5. The van der Waals surface area contributed by atoms with E-state index in [0.717, 1.165) is 6.54 Å². The molecule has 1 saturated carbocycles. The van der Waals surface area contributed by atoms with Crippen molar-refractivity contribution in [2.24, 2.45) is 17.6 Å². The Morgan fingerprint density at radius 3 is 2.58 bits per heavy atom. The highest BCUT2D eigenvalue weighted by Crippen LogP contribution is 2.31. The van der Waals surface area contributed by atoms with Crippen LogP contribution in [-0.2, 0) is 0 Å². The first kappa shape index (κ1) is 14.1. The van der Waals surface area contributed by atoms with Crippen LogP contribution in [0.25, 0.3) is 0 Å². The summed E-state index contributed by atoms with van der Waals surface area (Å²) in [4.78, 5) is 8.48. The van der Waals surface area contributed by atoms with Gasteiger partial charge in [0.05, 0.1) is 19.3 Å². The molecule has 0 radical (unpaired) electrons. The molecule has 0 spiro atoms. The van der Waals surface area contributed by atoms with E-state index in [1.165, 1.54) is 19.3 Å². The molecule has 2 atom stereocenters. The Hall–Kier alpha value is -1.36. The number of rotatable bonds is 6. The molecule has 106 valence electrons. The van der Waals surface area contributed by atoms with Gasteiger partial charge < -0.3 is 15.2 Å². The van der Waals surface area contributed by atoms with Crippen molar-refractivity contribution in [2.75, 3.05) is 19.8 Å². The molecule has 1 aromatic rings. The van der Waals surface area contributed by atoms with Crippen molar-refractivity contribution in [3.8, 4) is 11.8 Å². The van der Waals surface area contributed by atoms with Crippen molar-refractivity contribution in [1.82, 2.24) is 9.97 Å². The van der Waals surface area contributed by atoms with Crippen molar-refractivity contribution < 1.29 is 9.47 Å². The van der Waals surface area contributed by atoms with Crippen LogP contribution < -0.4 is 15.2 Å². The van der Waals surface area contributed by atoms with Crippen molar-refractivity contribution in [2.45, 2.75) is 33.1 Å². The molecule has 0 saturated heterocycles. The minimum absolute atomic E-state index is 0.552. The van der Waals surface area contributed by atoms with E-state index < -0.39 is 0 Å². The van der Waals surface area contributed by atoms with E-state index >= 15 is 0 Å². The predicted octanol–water partition coefficient (Wildman–Crippen LogP) is 1.94. The highest BCUT2D eigenvalue weighted by molar-refractivity contribution is 5.20. The summed E-state index contributed by atoms with van der Waals surface area (Å²) >= 11 is 0. The van der Waals surface area contributed by atoms with E-state index in [1.807, 2.05) is 13.8 Å². The lowest BCUT2D eigenvalue weighted by Gasteiger charge is -2.18. The molecule has 0 aromatic carbocycles. The van der Waals surface area contributed by atoms with Crippen molar-refractivity contribution in [3.63, 3.8) is 0 Å². The Morgan fingerprint density at radius 2 is 1.89 bits per heavy atom. The maximum atomic E-state index is 5.80. The van der Waals surface area contributed by atoms with Gasteiger partial charge in [0.25, 0.3) is 0 Å². The Labute approximate surface area is 114 Å². The van der Waals surface area contributed by atoms with Crippen LogP contribution in [0.1, 0.15) is 32.0 Å². The quantitative estimate of drug-likeness (QED) is 0.851. The van der Waals surface area contributed by atoms with Gasteiger partial charge in [0, 0.05) is 0 Å². The second-order valence-electron chi connectivity index (χ2n) is 5.02. The van der Waals surface area contributed by atoms with Crippen LogP contribution in [0.3, 0.4) is 0 Å². The van der Waals surface area contributed by atoms with Crippen LogP contribution in [0, 0.1) is 18.8 Å². The molecule has 1 heterocycles. The molecular weight excluding hydrogens is 242 g/mol. The second-order valence-corrected chi connectivity index (χ2v) is 5.02. The zero-order chi connectivity index (χ0) is 13.7. The molecule has 2 rings (SSSR count). The third kappa shape index (κ3) is 3.80. The number of nitrogens with zero attached hydrogens (tertiary/aromatic N) is 2. The van der Waals surface area contributed by atoms with Gasteiger partial charge in [0.2, 0.25) is 11.8 Å². The fraction of sp³-hybridized carbons (Fsp3) is 0.714. The average Bonchev–Trinajstić information content (AvgIpc) is 2.83. The summed E-state index contributed by atoms with van der Waals surface area (Å²) in [6.45, 7) is 5.80. The number of nitrogens with two attached hydrogens (primary N) is 1. The van der Waals surface area contributed by atoms with Crippen LogP contribution in [0.5, 0.6) is 11.8 Å². The molecule has 0 aliphatic heterocycles. The Balaban J connectivity index is 1.95. The Bertz CT molecular complexity index is 412. The molecule has 0 bridgehead atoms. The summed E-state index contributed by atoms with van der Waals surface area (Å²) in [5.74, 6) is 2.98. The molecular formula is C14H23N3O2. The van der Waals surface area contributed by atoms with Crippen LogP contribution in [-0.4, -0.2) is 29.7 Å². The number of aromatic nitrogens is 2. The summed E-state index contributed by atoms with van der Waals surface area (Å²) in [5.41, 5.74) is 5.78. The van der Waals surface area contributed by atoms with Gasteiger partial charge in [-0.3, -0.25) is 0 Å². The van der Waals surface area contributed by atoms with Gasteiger partial charge in [-0.15, -0.1) is 0 Å². The lowest BCUT2D eigenvalue weighted by atomic mass is 9.97. The van der Waals surface area contributed by atoms with Gasteiger partial charge in [-0.2, -0.15) is 9.97 Å². The minimum atomic E-state index is 0.552. The zero-order valence-electron chi connectivity index (χ0n) is 11.8. The average molecular weight is 265 g/mol. The lowest BCUT2D eigenvalue weighted by Crippen LogP contribution is -2.23. The number of hydrogen-bond donors (Lipinski definition) is 1. The van der Waals surface area contributed by atoms with Gasteiger partial charge in [-0.1, -0.05) is 6.42 Å². The van der Waals surface area contributed by atoms with Crippen LogP contribution >= 0.6 is 0 Å². The molecule has 2 N–H and O–H groups in total. The van der Waals surface area contributed by atoms with Crippen LogP contribution in [0.4, 0.5) is 0 Å². The largest absolute Gasteiger partial charge is 0.478 e.